The molecule has 0 amide bonds. The molecule has 1 aliphatic rings. The summed E-state index contributed by atoms with van der Waals surface area (Å²) in [5.74, 6) is 1.06. The van der Waals surface area contributed by atoms with Gasteiger partial charge in [-0.25, -0.2) is 0 Å². The van der Waals surface area contributed by atoms with Gasteiger partial charge in [0.15, 0.2) is 4.67 Å². The Bertz CT molecular complexity index is 278. The van der Waals surface area contributed by atoms with Gasteiger partial charge in [0.1, 0.15) is 5.76 Å². The fourth-order valence-electron chi connectivity index (χ4n) is 1.86. The number of nitrogens with zero attached hydrogens (tertiary/aromatic N) is 1. The fraction of sp³-hybridized carbons (Fsp3) is 0.600. The topological polar surface area (TPSA) is 16.4 Å². The van der Waals surface area contributed by atoms with Gasteiger partial charge in [0.25, 0.3) is 0 Å². The van der Waals surface area contributed by atoms with Crippen molar-refractivity contribution < 1.29 is 4.42 Å². The molecule has 1 fully saturated rings. The van der Waals surface area contributed by atoms with Crippen LogP contribution in [0.4, 0.5) is 0 Å². The second-order valence-corrected chi connectivity index (χ2v) is 4.34. The van der Waals surface area contributed by atoms with Crippen LogP contribution in [0.3, 0.4) is 0 Å². The molecule has 1 aromatic rings. The zero-order valence-corrected chi connectivity index (χ0v) is 9.38. The number of likely N-dealkylation sites (tertiary alicyclic amines) is 1. The SMILES string of the molecule is CC(c1ccc(Br)o1)N1CCCC1. The molecule has 0 bridgehead atoms. The highest BCUT2D eigenvalue weighted by Crippen LogP contribution is 2.27. The molecule has 0 radical (unpaired) electrons. The van der Waals surface area contributed by atoms with Crippen molar-refractivity contribution in [1.29, 1.82) is 0 Å². The molecular weight excluding hydrogens is 230 g/mol. The van der Waals surface area contributed by atoms with E-state index in [0.717, 1.165) is 10.4 Å². The van der Waals surface area contributed by atoms with Gasteiger partial charge < -0.3 is 4.42 Å². The van der Waals surface area contributed by atoms with Gasteiger partial charge in [-0.1, -0.05) is 0 Å². The molecule has 1 saturated heterocycles. The maximum atomic E-state index is 5.53. The monoisotopic (exact) mass is 243 g/mol. The van der Waals surface area contributed by atoms with Crippen LogP contribution in [-0.4, -0.2) is 18.0 Å². The van der Waals surface area contributed by atoms with E-state index in [1.807, 2.05) is 12.1 Å². The van der Waals surface area contributed by atoms with E-state index in [0.29, 0.717) is 6.04 Å². The van der Waals surface area contributed by atoms with Crippen LogP contribution in [0.1, 0.15) is 31.6 Å². The van der Waals surface area contributed by atoms with Crippen molar-refractivity contribution in [2.24, 2.45) is 0 Å². The summed E-state index contributed by atoms with van der Waals surface area (Å²) in [6.45, 7) is 4.62. The van der Waals surface area contributed by atoms with Crippen LogP contribution in [0, 0.1) is 0 Å². The number of hydrogen-bond acceptors (Lipinski definition) is 2. The predicted molar refractivity (Wildman–Crippen MR) is 55.6 cm³/mol. The highest BCUT2D eigenvalue weighted by molar-refractivity contribution is 9.10. The molecule has 0 saturated carbocycles. The molecule has 0 aromatic carbocycles. The number of rotatable bonds is 2. The second kappa shape index (κ2) is 3.84. The third-order valence-corrected chi connectivity index (χ3v) is 3.12. The molecular formula is C10H14BrNO. The van der Waals surface area contributed by atoms with Crippen molar-refractivity contribution in [1.82, 2.24) is 4.90 Å². The molecule has 72 valence electrons. The summed E-state index contributed by atoms with van der Waals surface area (Å²) in [6.07, 6.45) is 2.65. The van der Waals surface area contributed by atoms with Gasteiger partial charge in [-0.2, -0.15) is 0 Å². The first kappa shape index (κ1) is 9.28. The molecule has 1 aromatic heterocycles. The summed E-state index contributed by atoms with van der Waals surface area (Å²) in [5.41, 5.74) is 0. The third kappa shape index (κ3) is 1.97. The van der Waals surface area contributed by atoms with Crippen LogP contribution in [0.5, 0.6) is 0 Å². The molecule has 13 heavy (non-hydrogen) atoms. The highest BCUT2D eigenvalue weighted by Gasteiger charge is 2.21. The normalized spacial score (nSPS) is 20.8. The quantitative estimate of drug-likeness (QED) is 0.794. The van der Waals surface area contributed by atoms with Crippen molar-refractivity contribution in [3.8, 4) is 0 Å². The summed E-state index contributed by atoms with van der Waals surface area (Å²) >= 11 is 3.32. The van der Waals surface area contributed by atoms with E-state index >= 15 is 0 Å². The van der Waals surface area contributed by atoms with Crippen LogP contribution in [-0.2, 0) is 0 Å². The zero-order chi connectivity index (χ0) is 9.26. The van der Waals surface area contributed by atoms with Crippen LogP contribution in [0.25, 0.3) is 0 Å². The van der Waals surface area contributed by atoms with Gasteiger partial charge in [-0.3, -0.25) is 4.90 Å². The van der Waals surface area contributed by atoms with E-state index < -0.39 is 0 Å². The molecule has 1 atom stereocenters. The molecule has 2 nitrogen and oxygen atoms in total. The largest absolute Gasteiger partial charge is 0.453 e. The number of furan rings is 1. The minimum atomic E-state index is 0.425. The summed E-state index contributed by atoms with van der Waals surface area (Å²) in [4.78, 5) is 2.46. The lowest BCUT2D eigenvalue weighted by Crippen LogP contribution is -2.22. The molecule has 1 aliphatic heterocycles. The maximum Gasteiger partial charge on any atom is 0.169 e. The molecule has 2 heterocycles. The van der Waals surface area contributed by atoms with Crippen LogP contribution in [0.15, 0.2) is 21.2 Å². The van der Waals surface area contributed by atoms with E-state index in [-0.39, 0.29) is 0 Å². The van der Waals surface area contributed by atoms with Crippen molar-refractivity contribution in [3.05, 3.63) is 22.6 Å². The molecule has 0 spiro atoms. The summed E-state index contributed by atoms with van der Waals surface area (Å²) in [6, 6.07) is 4.43. The number of hydrogen-bond donors (Lipinski definition) is 0. The molecule has 3 heteroatoms. The first-order valence-electron chi connectivity index (χ1n) is 4.76. The standard InChI is InChI=1S/C10H14BrNO/c1-8(12-6-2-3-7-12)9-4-5-10(11)13-9/h4-5,8H,2-3,6-7H2,1H3. The first-order valence-corrected chi connectivity index (χ1v) is 5.56. The smallest absolute Gasteiger partial charge is 0.169 e. The average Bonchev–Trinajstić information content (AvgIpc) is 2.72. The van der Waals surface area contributed by atoms with Gasteiger partial charge in [0, 0.05) is 0 Å². The van der Waals surface area contributed by atoms with Crippen LogP contribution >= 0.6 is 15.9 Å². The lowest BCUT2D eigenvalue weighted by molar-refractivity contribution is 0.229. The number of halogens is 1. The van der Waals surface area contributed by atoms with Crippen molar-refractivity contribution in [3.63, 3.8) is 0 Å². The van der Waals surface area contributed by atoms with Crippen LogP contribution in [0.2, 0.25) is 0 Å². The Morgan fingerprint density at radius 3 is 2.62 bits per heavy atom. The van der Waals surface area contributed by atoms with Crippen molar-refractivity contribution >= 4 is 15.9 Å². The lowest BCUT2D eigenvalue weighted by atomic mass is 10.2. The van der Waals surface area contributed by atoms with E-state index in [2.05, 4.69) is 27.8 Å². The van der Waals surface area contributed by atoms with Gasteiger partial charge in [0.05, 0.1) is 6.04 Å². The maximum absolute atomic E-state index is 5.53. The Balaban J connectivity index is 2.07. The molecule has 0 aliphatic carbocycles. The molecule has 0 N–H and O–H groups in total. The Hall–Kier alpha value is -0.280. The second-order valence-electron chi connectivity index (χ2n) is 3.56. The third-order valence-electron chi connectivity index (χ3n) is 2.69. The fourth-order valence-corrected chi connectivity index (χ4v) is 2.18. The Kier molecular flexibility index (Phi) is 2.74. The van der Waals surface area contributed by atoms with Gasteiger partial charge in [0.2, 0.25) is 0 Å². The molecule has 2 rings (SSSR count). The van der Waals surface area contributed by atoms with Gasteiger partial charge in [-0.15, -0.1) is 0 Å². The predicted octanol–water partition coefficient (Wildman–Crippen LogP) is 3.20. The van der Waals surface area contributed by atoms with Crippen LogP contribution < -0.4 is 0 Å². The van der Waals surface area contributed by atoms with E-state index in [1.165, 1.54) is 25.9 Å². The van der Waals surface area contributed by atoms with Crippen molar-refractivity contribution in [2.75, 3.05) is 13.1 Å². The van der Waals surface area contributed by atoms with Crippen molar-refractivity contribution in [2.45, 2.75) is 25.8 Å². The zero-order valence-electron chi connectivity index (χ0n) is 7.79. The molecule has 1 unspecified atom stereocenters. The summed E-state index contributed by atoms with van der Waals surface area (Å²) in [7, 11) is 0. The van der Waals surface area contributed by atoms with Gasteiger partial charge >= 0.3 is 0 Å². The lowest BCUT2D eigenvalue weighted by Gasteiger charge is -2.21. The Labute approximate surface area is 87.0 Å². The Morgan fingerprint density at radius 2 is 2.08 bits per heavy atom. The average molecular weight is 244 g/mol. The minimum absolute atomic E-state index is 0.425. The van der Waals surface area contributed by atoms with E-state index in [1.54, 1.807) is 0 Å². The van der Waals surface area contributed by atoms with E-state index in [4.69, 9.17) is 4.42 Å². The minimum Gasteiger partial charge on any atom is -0.453 e. The first-order chi connectivity index (χ1) is 6.27. The summed E-state index contributed by atoms with van der Waals surface area (Å²) in [5, 5.41) is 0. The van der Waals surface area contributed by atoms with E-state index in [9.17, 15) is 0 Å². The highest BCUT2D eigenvalue weighted by atomic mass is 79.9. The Morgan fingerprint density at radius 1 is 1.38 bits per heavy atom. The summed E-state index contributed by atoms with van der Waals surface area (Å²) < 4.78 is 6.36. The van der Waals surface area contributed by atoms with Gasteiger partial charge in [-0.05, 0) is 60.9 Å².